The molecule has 0 radical (unpaired) electrons. The third-order valence-electron chi connectivity index (χ3n) is 4.38. The topological polar surface area (TPSA) is 112 Å². The number of nitrogens with one attached hydrogen (secondary N) is 1. The molecule has 1 aromatic heterocycles. The maximum atomic E-state index is 12.6. The van der Waals surface area contributed by atoms with Crippen LogP contribution < -0.4 is 5.32 Å². The molecule has 31 heavy (non-hydrogen) atoms. The minimum Gasteiger partial charge on any atom is -0.462 e. The van der Waals surface area contributed by atoms with Gasteiger partial charge in [-0.1, -0.05) is 37.1 Å². The van der Waals surface area contributed by atoms with Crippen LogP contribution >= 0.6 is 11.6 Å². The Balaban J connectivity index is 1.77. The van der Waals surface area contributed by atoms with Crippen molar-refractivity contribution in [3.8, 4) is 11.3 Å². The molecule has 0 saturated heterocycles. The largest absolute Gasteiger partial charge is 0.462 e. The number of para-hydroxylation sites is 1. The van der Waals surface area contributed by atoms with E-state index < -0.39 is 16.8 Å². The number of hydrogen-bond acceptors (Lipinski definition) is 6. The fourth-order valence-corrected chi connectivity index (χ4v) is 3.03. The summed E-state index contributed by atoms with van der Waals surface area (Å²) in [5, 5.41) is 13.6. The quantitative estimate of drug-likeness (QED) is 0.207. The lowest BCUT2D eigenvalue weighted by atomic mass is 10.1. The highest BCUT2D eigenvalue weighted by Crippen LogP contribution is 2.32. The van der Waals surface area contributed by atoms with E-state index in [1.807, 2.05) is 6.92 Å². The van der Waals surface area contributed by atoms with Crippen LogP contribution in [0.25, 0.3) is 11.3 Å². The van der Waals surface area contributed by atoms with E-state index in [9.17, 15) is 19.7 Å². The number of non-ortho nitro benzene ring substituents is 1. The lowest BCUT2D eigenvalue weighted by Gasteiger charge is -2.10. The second kappa shape index (κ2) is 9.90. The van der Waals surface area contributed by atoms with Gasteiger partial charge in [-0.15, -0.1) is 0 Å². The number of unbranched alkanes of at least 4 members (excludes halogenated alkanes) is 1. The van der Waals surface area contributed by atoms with Gasteiger partial charge in [-0.2, -0.15) is 0 Å². The highest BCUT2D eigenvalue weighted by molar-refractivity contribution is 6.33. The number of amides is 1. The van der Waals surface area contributed by atoms with Crippen molar-refractivity contribution >= 4 is 34.9 Å². The standard InChI is InChI=1S/C22H19ClN2O6/c1-2-3-12-30-22(27)16-6-4-5-7-18(16)24-21(26)20-11-10-19(31-20)15-9-8-14(25(28)29)13-17(15)23/h4-11,13H,2-3,12H2,1H3,(H,24,26). The van der Waals surface area contributed by atoms with Crippen molar-refractivity contribution in [3.63, 3.8) is 0 Å². The summed E-state index contributed by atoms with van der Waals surface area (Å²) in [4.78, 5) is 35.2. The number of furan rings is 1. The average molecular weight is 443 g/mol. The van der Waals surface area contributed by atoms with E-state index in [0.717, 1.165) is 12.8 Å². The number of halogens is 1. The number of carbonyl (C=O) groups is 2. The third-order valence-corrected chi connectivity index (χ3v) is 4.70. The number of carbonyl (C=O) groups excluding carboxylic acids is 2. The normalized spacial score (nSPS) is 10.5. The van der Waals surface area contributed by atoms with Gasteiger partial charge in [0, 0.05) is 17.7 Å². The van der Waals surface area contributed by atoms with Crippen molar-refractivity contribution in [2.45, 2.75) is 19.8 Å². The third kappa shape index (κ3) is 5.29. The summed E-state index contributed by atoms with van der Waals surface area (Å²) in [5.41, 5.74) is 0.782. The van der Waals surface area contributed by atoms with Gasteiger partial charge in [0.15, 0.2) is 5.76 Å². The van der Waals surface area contributed by atoms with Gasteiger partial charge in [-0.3, -0.25) is 14.9 Å². The van der Waals surface area contributed by atoms with Crippen molar-refractivity contribution in [3.05, 3.63) is 81.1 Å². The first-order valence-electron chi connectivity index (χ1n) is 9.52. The molecule has 9 heteroatoms. The zero-order valence-electron chi connectivity index (χ0n) is 16.6. The molecular weight excluding hydrogens is 424 g/mol. The van der Waals surface area contributed by atoms with Gasteiger partial charge in [-0.25, -0.2) is 4.79 Å². The number of ether oxygens (including phenoxy) is 1. The summed E-state index contributed by atoms with van der Waals surface area (Å²) in [5.74, 6) is -0.837. The number of nitro groups is 1. The van der Waals surface area contributed by atoms with E-state index in [1.165, 1.54) is 30.3 Å². The Labute approximate surface area is 182 Å². The zero-order chi connectivity index (χ0) is 22.4. The van der Waals surface area contributed by atoms with Gasteiger partial charge >= 0.3 is 5.97 Å². The van der Waals surface area contributed by atoms with Crippen LogP contribution in [0.3, 0.4) is 0 Å². The molecule has 0 saturated carbocycles. The van der Waals surface area contributed by atoms with Crippen LogP contribution in [0.2, 0.25) is 5.02 Å². The molecule has 160 valence electrons. The molecule has 0 bridgehead atoms. The molecule has 3 rings (SSSR count). The van der Waals surface area contributed by atoms with Crippen molar-refractivity contribution in [2.75, 3.05) is 11.9 Å². The summed E-state index contributed by atoms with van der Waals surface area (Å²) in [6.45, 7) is 2.29. The summed E-state index contributed by atoms with van der Waals surface area (Å²) >= 11 is 6.12. The maximum absolute atomic E-state index is 12.6. The van der Waals surface area contributed by atoms with Crippen molar-refractivity contribution < 1.29 is 23.7 Å². The lowest BCUT2D eigenvalue weighted by Crippen LogP contribution is -2.15. The van der Waals surface area contributed by atoms with Crippen LogP contribution in [-0.2, 0) is 4.74 Å². The molecule has 3 aromatic rings. The van der Waals surface area contributed by atoms with Gasteiger partial charge in [0.05, 0.1) is 27.8 Å². The molecule has 8 nitrogen and oxygen atoms in total. The molecule has 0 aliphatic heterocycles. The number of anilines is 1. The molecular formula is C22H19ClN2O6. The minimum absolute atomic E-state index is 0.0152. The highest BCUT2D eigenvalue weighted by atomic mass is 35.5. The van der Waals surface area contributed by atoms with Crippen LogP contribution in [0.1, 0.15) is 40.7 Å². The number of esters is 1. The molecule has 0 fully saturated rings. The number of hydrogen-bond donors (Lipinski definition) is 1. The fraction of sp³-hybridized carbons (Fsp3) is 0.182. The maximum Gasteiger partial charge on any atom is 0.340 e. The Kier molecular flexibility index (Phi) is 7.04. The van der Waals surface area contributed by atoms with E-state index >= 15 is 0 Å². The molecule has 0 atom stereocenters. The summed E-state index contributed by atoms with van der Waals surface area (Å²) in [6, 6.07) is 13.4. The van der Waals surface area contributed by atoms with Crippen LogP contribution in [0.5, 0.6) is 0 Å². The van der Waals surface area contributed by atoms with Crippen molar-refractivity contribution in [1.29, 1.82) is 0 Å². The smallest absolute Gasteiger partial charge is 0.340 e. The fourth-order valence-electron chi connectivity index (χ4n) is 2.76. The number of nitrogens with zero attached hydrogens (tertiary/aromatic N) is 1. The highest BCUT2D eigenvalue weighted by Gasteiger charge is 2.19. The van der Waals surface area contributed by atoms with E-state index in [-0.39, 0.29) is 27.8 Å². The molecule has 0 spiro atoms. The number of nitro benzene ring substituents is 1. The monoisotopic (exact) mass is 442 g/mol. The average Bonchev–Trinajstić information content (AvgIpc) is 3.24. The lowest BCUT2D eigenvalue weighted by molar-refractivity contribution is -0.384. The van der Waals surface area contributed by atoms with Gasteiger partial charge in [0.2, 0.25) is 0 Å². The van der Waals surface area contributed by atoms with Crippen LogP contribution in [-0.4, -0.2) is 23.4 Å². The summed E-state index contributed by atoms with van der Waals surface area (Å²) in [7, 11) is 0. The predicted octanol–water partition coefficient (Wildman–Crippen LogP) is 5.72. The van der Waals surface area contributed by atoms with Gasteiger partial charge in [0.25, 0.3) is 11.6 Å². The van der Waals surface area contributed by atoms with Crippen LogP contribution in [0, 0.1) is 10.1 Å². The summed E-state index contributed by atoms with van der Waals surface area (Å²) in [6.07, 6.45) is 1.64. The first-order valence-corrected chi connectivity index (χ1v) is 9.90. The van der Waals surface area contributed by atoms with Crippen LogP contribution in [0.15, 0.2) is 59.0 Å². The Hall–Kier alpha value is -3.65. The molecule has 0 aliphatic rings. The molecule has 1 N–H and O–H groups in total. The zero-order valence-corrected chi connectivity index (χ0v) is 17.3. The molecule has 0 unspecified atom stereocenters. The second-order valence-electron chi connectivity index (χ2n) is 6.57. The number of benzene rings is 2. The minimum atomic E-state index is -0.571. The molecule has 0 aliphatic carbocycles. The predicted molar refractivity (Wildman–Crippen MR) is 115 cm³/mol. The van der Waals surface area contributed by atoms with E-state index in [4.69, 9.17) is 20.8 Å². The molecule has 1 heterocycles. The Morgan fingerprint density at radius 1 is 1.16 bits per heavy atom. The first kappa shape index (κ1) is 22.0. The Morgan fingerprint density at radius 3 is 2.65 bits per heavy atom. The van der Waals surface area contributed by atoms with Gasteiger partial charge in [-0.05, 0) is 36.8 Å². The van der Waals surface area contributed by atoms with E-state index in [2.05, 4.69) is 5.32 Å². The number of rotatable bonds is 8. The second-order valence-corrected chi connectivity index (χ2v) is 6.98. The Bertz CT molecular complexity index is 1120. The molecule has 2 aromatic carbocycles. The van der Waals surface area contributed by atoms with Crippen LogP contribution in [0.4, 0.5) is 11.4 Å². The Morgan fingerprint density at radius 2 is 1.94 bits per heavy atom. The van der Waals surface area contributed by atoms with E-state index in [0.29, 0.717) is 17.9 Å². The van der Waals surface area contributed by atoms with Gasteiger partial charge < -0.3 is 14.5 Å². The SMILES string of the molecule is CCCCOC(=O)c1ccccc1NC(=O)c1ccc(-c2ccc([N+](=O)[O-])cc2Cl)o1. The molecule has 1 amide bonds. The van der Waals surface area contributed by atoms with Crippen molar-refractivity contribution in [2.24, 2.45) is 0 Å². The first-order chi connectivity index (χ1) is 14.9. The van der Waals surface area contributed by atoms with Gasteiger partial charge in [0.1, 0.15) is 5.76 Å². The van der Waals surface area contributed by atoms with E-state index in [1.54, 1.807) is 24.3 Å². The summed E-state index contributed by atoms with van der Waals surface area (Å²) < 4.78 is 10.8. The van der Waals surface area contributed by atoms with Crippen molar-refractivity contribution in [1.82, 2.24) is 0 Å².